The Morgan fingerprint density at radius 3 is 2.62 bits per heavy atom. The molecule has 0 unspecified atom stereocenters. The van der Waals surface area contributed by atoms with Crippen LogP contribution in [0.1, 0.15) is 11.1 Å². The van der Waals surface area contributed by atoms with Gasteiger partial charge in [-0.3, -0.25) is 0 Å². The molecule has 1 aromatic heterocycles. The number of hydrogen-bond acceptors (Lipinski definition) is 0. The highest BCUT2D eigenvalue weighted by atomic mass is 35.5. The van der Waals surface area contributed by atoms with E-state index in [1.165, 1.54) is 10.9 Å². The highest BCUT2D eigenvalue weighted by Gasteiger charge is 2.11. The number of benzene rings is 2. The smallest absolute Gasteiger partial charge is 0.0535 e. The van der Waals surface area contributed by atoms with E-state index in [1.807, 2.05) is 12.1 Å². The highest BCUT2D eigenvalue weighted by molar-refractivity contribution is 6.38. The van der Waals surface area contributed by atoms with Crippen LogP contribution in [0.3, 0.4) is 0 Å². The van der Waals surface area contributed by atoms with E-state index >= 15 is 0 Å². The van der Waals surface area contributed by atoms with E-state index in [2.05, 4.69) is 37.0 Å². The molecule has 0 aliphatic carbocycles. The van der Waals surface area contributed by atoms with Crippen LogP contribution >= 0.6 is 11.6 Å². The maximum Gasteiger partial charge on any atom is 0.0535 e. The quantitative estimate of drug-likeness (QED) is 0.580. The molecule has 0 spiro atoms. The molecule has 16 heavy (non-hydrogen) atoms. The van der Waals surface area contributed by atoms with Gasteiger partial charge in [-0.15, -0.1) is 0 Å². The van der Waals surface area contributed by atoms with Gasteiger partial charge in [-0.05, 0) is 31.0 Å². The molecule has 0 radical (unpaired) electrons. The number of aromatic amines is 1. The van der Waals surface area contributed by atoms with Gasteiger partial charge in [0.25, 0.3) is 0 Å². The second-order valence-electron chi connectivity index (χ2n) is 4.24. The lowest BCUT2D eigenvalue weighted by molar-refractivity contribution is 1.40. The van der Waals surface area contributed by atoms with E-state index in [-0.39, 0.29) is 0 Å². The highest BCUT2D eigenvalue weighted by Crippen LogP contribution is 2.35. The number of rotatable bonds is 0. The van der Waals surface area contributed by atoms with E-state index in [0.29, 0.717) is 0 Å². The Morgan fingerprint density at radius 1 is 1.06 bits per heavy atom. The summed E-state index contributed by atoms with van der Waals surface area (Å²) in [7, 11) is 0. The van der Waals surface area contributed by atoms with Crippen LogP contribution in [0.15, 0.2) is 30.3 Å². The minimum atomic E-state index is 0.859. The van der Waals surface area contributed by atoms with Gasteiger partial charge >= 0.3 is 0 Å². The van der Waals surface area contributed by atoms with Crippen LogP contribution in [-0.4, -0.2) is 4.98 Å². The van der Waals surface area contributed by atoms with Gasteiger partial charge in [0.05, 0.1) is 10.5 Å². The van der Waals surface area contributed by atoms with Crippen LogP contribution in [-0.2, 0) is 0 Å². The van der Waals surface area contributed by atoms with Gasteiger partial charge in [0.1, 0.15) is 0 Å². The predicted octanol–water partition coefficient (Wildman–Crippen LogP) is 4.59. The fourth-order valence-electron chi connectivity index (χ4n) is 2.32. The average Bonchev–Trinajstić information content (AvgIpc) is 2.66. The third kappa shape index (κ3) is 1.18. The van der Waals surface area contributed by atoms with Crippen molar-refractivity contribution in [2.75, 3.05) is 0 Å². The summed E-state index contributed by atoms with van der Waals surface area (Å²) in [6, 6.07) is 10.4. The number of nitrogens with one attached hydrogen (secondary N) is 1. The Labute approximate surface area is 99.0 Å². The number of H-pyrrole nitrogens is 1. The first-order valence-electron chi connectivity index (χ1n) is 5.34. The molecule has 2 heteroatoms. The van der Waals surface area contributed by atoms with Gasteiger partial charge in [0.2, 0.25) is 0 Å². The lowest BCUT2D eigenvalue weighted by atomic mass is 10.1. The van der Waals surface area contributed by atoms with Crippen molar-refractivity contribution in [3.8, 4) is 0 Å². The van der Waals surface area contributed by atoms with Crippen LogP contribution in [0.2, 0.25) is 5.02 Å². The van der Waals surface area contributed by atoms with Crippen molar-refractivity contribution >= 4 is 33.4 Å². The van der Waals surface area contributed by atoms with E-state index in [9.17, 15) is 0 Å². The van der Waals surface area contributed by atoms with E-state index < -0.39 is 0 Å². The number of fused-ring (bicyclic) bond motifs is 3. The molecular formula is C14H12ClN. The Hall–Kier alpha value is -1.47. The van der Waals surface area contributed by atoms with E-state index in [0.717, 1.165) is 27.0 Å². The molecule has 0 fully saturated rings. The summed E-state index contributed by atoms with van der Waals surface area (Å²) in [5, 5.41) is 3.21. The lowest BCUT2D eigenvalue weighted by Crippen LogP contribution is -1.82. The second kappa shape index (κ2) is 3.26. The molecule has 0 bridgehead atoms. The number of aromatic nitrogens is 1. The number of hydrogen-bond donors (Lipinski definition) is 1. The Morgan fingerprint density at radius 2 is 1.81 bits per heavy atom. The van der Waals surface area contributed by atoms with Crippen molar-refractivity contribution in [1.82, 2.24) is 4.98 Å². The van der Waals surface area contributed by atoms with E-state index in [1.54, 1.807) is 0 Å². The topological polar surface area (TPSA) is 15.8 Å². The Bertz CT molecular complexity index is 695. The van der Waals surface area contributed by atoms with Crippen molar-refractivity contribution in [2.24, 2.45) is 0 Å². The van der Waals surface area contributed by atoms with Gasteiger partial charge in [-0.25, -0.2) is 0 Å². The molecule has 80 valence electrons. The molecule has 0 atom stereocenters. The largest absolute Gasteiger partial charge is 0.354 e. The molecule has 2 aromatic carbocycles. The summed E-state index contributed by atoms with van der Waals surface area (Å²) >= 11 is 6.40. The van der Waals surface area contributed by atoms with Crippen LogP contribution in [0.4, 0.5) is 0 Å². The molecular weight excluding hydrogens is 218 g/mol. The first-order chi connectivity index (χ1) is 7.68. The van der Waals surface area contributed by atoms with Crippen molar-refractivity contribution in [3.05, 3.63) is 46.5 Å². The summed E-state index contributed by atoms with van der Waals surface area (Å²) in [5.41, 5.74) is 4.68. The maximum atomic E-state index is 6.40. The molecule has 1 N–H and O–H groups in total. The van der Waals surface area contributed by atoms with E-state index in [4.69, 9.17) is 11.6 Å². The minimum absolute atomic E-state index is 0.859. The van der Waals surface area contributed by atoms with Gasteiger partial charge in [0, 0.05) is 16.3 Å². The standard InChI is InChI=1S/C14H12ClN/c1-8-7-9(2)14-12(13(8)15)10-5-3-4-6-11(10)16-14/h3-7,16H,1-2H3. The van der Waals surface area contributed by atoms with Crippen molar-refractivity contribution in [2.45, 2.75) is 13.8 Å². The van der Waals surface area contributed by atoms with Crippen LogP contribution in [0.25, 0.3) is 21.8 Å². The molecule has 1 nitrogen and oxygen atoms in total. The maximum absolute atomic E-state index is 6.40. The Kier molecular flexibility index (Phi) is 1.98. The predicted molar refractivity (Wildman–Crippen MR) is 70.3 cm³/mol. The summed E-state index contributed by atoms with van der Waals surface area (Å²) < 4.78 is 0. The van der Waals surface area contributed by atoms with Crippen LogP contribution in [0, 0.1) is 13.8 Å². The zero-order valence-electron chi connectivity index (χ0n) is 9.26. The molecule has 0 aliphatic rings. The molecule has 0 saturated heterocycles. The van der Waals surface area contributed by atoms with Gasteiger partial charge in [0.15, 0.2) is 0 Å². The average molecular weight is 230 g/mol. The zero-order valence-corrected chi connectivity index (χ0v) is 10.0. The number of halogens is 1. The second-order valence-corrected chi connectivity index (χ2v) is 4.62. The van der Waals surface area contributed by atoms with Crippen LogP contribution in [0.5, 0.6) is 0 Å². The van der Waals surface area contributed by atoms with Gasteiger partial charge in [-0.1, -0.05) is 35.9 Å². The first kappa shape index (κ1) is 9.73. The third-order valence-electron chi connectivity index (χ3n) is 3.10. The Balaban J connectivity index is 2.66. The molecule has 3 rings (SSSR count). The number of aryl methyl sites for hydroxylation is 2. The SMILES string of the molecule is Cc1cc(C)c2[nH]c3ccccc3c2c1Cl. The monoisotopic (exact) mass is 229 g/mol. The normalized spacial score (nSPS) is 11.4. The van der Waals surface area contributed by atoms with Gasteiger partial charge in [-0.2, -0.15) is 0 Å². The van der Waals surface area contributed by atoms with Crippen molar-refractivity contribution in [3.63, 3.8) is 0 Å². The molecule has 0 aliphatic heterocycles. The summed E-state index contributed by atoms with van der Waals surface area (Å²) in [6.45, 7) is 4.16. The molecule has 1 heterocycles. The lowest BCUT2D eigenvalue weighted by Gasteiger charge is -2.03. The summed E-state index contributed by atoms with van der Waals surface area (Å²) in [6.07, 6.45) is 0. The molecule has 0 saturated carbocycles. The van der Waals surface area contributed by atoms with Crippen LogP contribution < -0.4 is 0 Å². The minimum Gasteiger partial charge on any atom is -0.354 e. The fourth-order valence-corrected chi connectivity index (χ4v) is 2.57. The van der Waals surface area contributed by atoms with Crippen molar-refractivity contribution < 1.29 is 0 Å². The summed E-state index contributed by atoms with van der Waals surface area (Å²) in [5.74, 6) is 0. The van der Waals surface area contributed by atoms with Crippen molar-refractivity contribution in [1.29, 1.82) is 0 Å². The first-order valence-corrected chi connectivity index (χ1v) is 5.72. The summed E-state index contributed by atoms with van der Waals surface area (Å²) in [4.78, 5) is 3.43. The zero-order chi connectivity index (χ0) is 11.3. The third-order valence-corrected chi connectivity index (χ3v) is 3.59. The molecule has 3 aromatic rings. The van der Waals surface area contributed by atoms with Gasteiger partial charge < -0.3 is 4.98 Å². The molecule has 0 amide bonds. The fraction of sp³-hybridized carbons (Fsp3) is 0.143. The number of para-hydroxylation sites is 1.